The number of aromatic nitrogens is 1. The van der Waals surface area contributed by atoms with Gasteiger partial charge in [-0.2, -0.15) is 0 Å². The number of ether oxygens (including phenoxy) is 3. The lowest BCUT2D eigenvalue weighted by Crippen LogP contribution is -2.25. The van der Waals surface area contributed by atoms with E-state index in [-0.39, 0.29) is 5.91 Å². The average Bonchev–Trinajstić information content (AvgIpc) is 3.46. The Balaban J connectivity index is 1.59. The highest BCUT2D eigenvalue weighted by Gasteiger charge is 2.20. The Hall–Kier alpha value is -3.35. The maximum Gasteiger partial charge on any atom is 0.268 e. The number of H-pyrrole nitrogens is 1. The number of carbonyl (C=O) groups is 1. The number of amides is 1. The maximum absolute atomic E-state index is 12.9. The Morgan fingerprint density at radius 2 is 1.77 bits per heavy atom. The van der Waals surface area contributed by atoms with Gasteiger partial charge in [-0.25, -0.2) is 0 Å². The fourth-order valence-corrected chi connectivity index (χ4v) is 4.06. The van der Waals surface area contributed by atoms with Crippen LogP contribution in [0, 0.1) is 0 Å². The molecule has 1 saturated heterocycles. The quantitative estimate of drug-likeness (QED) is 0.622. The summed E-state index contributed by atoms with van der Waals surface area (Å²) in [7, 11) is 4.72. The molecule has 1 aromatic heterocycles. The number of aromatic amines is 1. The van der Waals surface area contributed by atoms with Crippen molar-refractivity contribution in [2.75, 3.05) is 39.3 Å². The fourth-order valence-electron chi connectivity index (χ4n) is 4.06. The molecule has 1 aliphatic heterocycles. The summed E-state index contributed by atoms with van der Waals surface area (Å²) in [5.74, 6) is 1.49. The summed E-state index contributed by atoms with van der Waals surface area (Å²) in [6, 6.07) is 11.8. The Kier molecular flexibility index (Phi) is 5.70. The van der Waals surface area contributed by atoms with E-state index in [1.807, 2.05) is 12.1 Å². The summed E-state index contributed by atoms with van der Waals surface area (Å²) >= 11 is 0. The first-order valence-corrected chi connectivity index (χ1v) is 10.1. The van der Waals surface area contributed by atoms with Gasteiger partial charge < -0.3 is 29.4 Å². The van der Waals surface area contributed by atoms with E-state index in [9.17, 15) is 4.79 Å². The van der Waals surface area contributed by atoms with Crippen molar-refractivity contribution in [1.29, 1.82) is 0 Å². The minimum absolute atomic E-state index is 0.189. The summed E-state index contributed by atoms with van der Waals surface area (Å²) in [4.78, 5) is 18.4. The maximum atomic E-state index is 12.9. The molecule has 2 heterocycles. The molecule has 1 amide bonds. The highest BCUT2D eigenvalue weighted by molar-refractivity contribution is 6.02. The molecule has 2 aromatic carbocycles. The third-order valence-corrected chi connectivity index (χ3v) is 5.56. The Morgan fingerprint density at radius 1 is 1.03 bits per heavy atom. The number of anilines is 1. The molecule has 7 heteroatoms. The molecule has 0 radical (unpaired) electrons. The second kappa shape index (κ2) is 8.57. The molecule has 0 atom stereocenters. The summed E-state index contributed by atoms with van der Waals surface area (Å²) in [5, 5.41) is 3.80. The van der Waals surface area contributed by atoms with Crippen LogP contribution in [0.5, 0.6) is 17.2 Å². The molecule has 2 N–H and O–H groups in total. The summed E-state index contributed by atoms with van der Waals surface area (Å²) in [6.45, 7) is 2.58. The van der Waals surface area contributed by atoms with Gasteiger partial charge in [-0.1, -0.05) is 18.2 Å². The van der Waals surface area contributed by atoms with Gasteiger partial charge in [0.25, 0.3) is 5.91 Å². The largest absolute Gasteiger partial charge is 0.496 e. The monoisotopic (exact) mass is 409 g/mol. The number of fused-ring (bicyclic) bond motifs is 1. The van der Waals surface area contributed by atoms with Gasteiger partial charge in [0.15, 0.2) is 11.5 Å². The van der Waals surface area contributed by atoms with E-state index in [0.29, 0.717) is 35.0 Å². The number of hydrogen-bond acceptors (Lipinski definition) is 5. The van der Waals surface area contributed by atoms with E-state index in [2.05, 4.69) is 27.3 Å². The minimum atomic E-state index is -0.189. The average molecular weight is 409 g/mol. The number of para-hydroxylation sites is 1. The molecule has 1 fully saturated rings. The van der Waals surface area contributed by atoms with Crippen LogP contribution in [-0.2, 0) is 6.54 Å². The number of rotatable bonds is 7. The molecular formula is C23H27N3O4. The molecule has 30 heavy (non-hydrogen) atoms. The van der Waals surface area contributed by atoms with E-state index < -0.39 is 0 Å². The molecule has 7 nitrogen and oxygen atoms in total. The minimum Gasteiger partial charge on any atom is -0.496 e. The molecule has 0 bridgehead atoms. The fraction of sp³-hybridized carbons (Fsp3) is 0.348. The van der Waals surface area contributed by atoms with E-state index in [0.717, 1.165) is 24.0 Å². The summed E-state index contributed by atoms with van der Waals surface area (Å²) in [5.41, 5.74) is 3.41. The van der Waals surface area contributed by atoms with Crippen LogP contribution in [-0.4, -0.2) is 45.3 Å². The van der Waals surface area contributed by atoms with Crippen molar-refractivity contribution in [3.8, 4) is 17.2 Å². The zero-order valence-corrected chi connectivity index (χ0v) is 17.6. The van der Waals surface area contributed by atoms with Crippen molar-refractivity contribution in [3.63, 3.8) is 0 Å². The van der Waals surface area contributed by atoms with Crippen molar-refractivity contribution in [1.82, 2.24) is 10.3 Å². The van der Waals surface area contributed by atoms with Crippen LogP contribution in [0.3, 0.4) is 0 Å². The third-order valence-electron chi connectivity index (χ3n) is 5.56. The normalized spacial score (nSPS) is 13.5. The zero-order chi connectivity index (χ0) is 21.1. The van der Waals surface area contributed by atoms with Crippen LogP contribution in [0.1, 0.15) is 28.9 Å². The van der Waals surface area contributed by atoms with Gasteiger partial charge in [0.05, 0.1) is 26.8 Å². The zero-order valence-electron chi connectivity index (χ0n) is 17.6. The number of carbonyl (C=O) groups excluding carboxylic acids is 1. The van der Waals surface area contributed by atoms with Gasteiger partial charge in [0, 0.05) is 36.8 Å². The standard InChI is InChI=1S/C23H27N3O4/c1-28-19-13-20(29-2)22(30-3)21-16(19)12-17(25-21)23(27)24-14-15-8-4-5-9-18(15)26-10-6-7-11-26/h4-5,8-9,12-13,25H,6-7,10-11,14H2,1-3H3,(H,24,27). The molecule has 1 aliphatic rings. The van der Waals surface area contributed by atoms with Gasteiger partial charge in [-0.15, -0.1) is 0 Å². The predicted octanol–water partition coefficient (Wildman–Crippen LogP) is 3.72. The Bertz CT molecular complexity index is 1050. The van der Waals surface area contributed by atoms with E-state index in [1.54, 1.807) is 33.5 Å². The first-order chi connectivity index (χ1) is 14.7. The Labute approximate surface area is 175 Å². The molecule has 3 aromatic rings. The number of nitrogens with one attached hydrogen (secondary N) is 2. The van der Waals surface area contributed by atoms with Gasteiger partial charge >= 0.3 is 0 Å². The highest BCUT2D eigenvalue weighted by Crippen LogP contribution is 2.41. The molecule has 0 aliphatic carbocycles. The third kappa shape index (κ3) is 3.63. The molecule has 0 spiro atoms. The number of benzene rings is 2. The van der Waals surface area contributed by atoms with Crippen molar-refractivity contribution < 1.29 is 19.0 Å². The lowest BCUT2D eigenvalue weighted by atomic mass is 10.1. The molecular weight excluding hydrogens is 382 g/mol. The second-order valence-corrected chi connectivity index (χ2v) is 7.29. The molecule has 0 unspecified atom stereocenters. The van der Waals surface area contributed by atoms with Crippen molar-refractivity contribution in [2.45, 2.75) is 19.4 Å². The van der Waals surface area contributed by atoms with E-state index >= 15 is 0 Å². The number of nitrogens with zero attached hydrogens (tertiary/aromatic N) is 1. The van der Waals surface area contributed by atoms with Crippen LogP contribution in [0.4, 0.5) is 5.69 Å². The molecule has 4 rings (SSSR count). The van der Waals surface area contributed by atoms with E-state index in [1.165, 1.54) is 18.5 Å². The SMILES string of the molecule is COc1cc(OC)c2cc(C(=O)NCc3ccccc3N3CCCC3)[nH]c2c1OC. The van der Waals surface area contributed by atoms with Crippen LogP contribution in [0.25, 0.3) is 10.9 Å². The first-order valence-electron chi connectivity index (χ1n) is 10.1. The molecule has 158 valence electrons. The predicted molar refractivity (Wildman–Crippen MR) is 117 cm³/mol. The second-order valence-electron chi connectivity index (χ2n) is 7.29. The number of hydrogen-bond donors (Lipinski definition) is 2. The summed E-state index contributed by atoms with van der Waals surface area (Å²) < 4.78 is 16.4. The van der Waals surface area contributed by atoms with Crippen LogP contribution >= 0.6 is 0 Å². The topological polar surface area (TPSA) is 75.8 Å². The van der Waals surface area contributed by atoms with Crippen LogP contribution < -0.4 is 24.4 Å². The first kappa shape index (κ1) is 19.9. The van der Waals surface area contributed by atoms with Crippen molar-refractivity contribution >= 4 is 22.5 Å². The van der Waals surface area contributed by atoms with Gasteiger partial charge in [-0.3, -0.25) is 4.79 Å². The summed E-state index contributed by atoms with van der Waals surface area (Å²) in [6.07, 6.45) is 2.42. The highest BCUT2D eigenvalue weighted by atomic mass is 16.5. The number of methoxy groups -OCH3 is 3. The van der Waals surface area contributed by atoms with Crippen LogP contribution in [0.2, 0.25) is 0 Å². The lowest BCUT2D eigenvalue weighted by Gasteiger charge is -2.21. The lowest BCUT2D eigenvalue weighted by molar-refractivity contribution is 0.0947. The Morgan fingerprint density at radius 3 is 2.47 bits per heavy atom. The van der Waals surface area contributed by atoms with Gasteiger partial charge in [-0.05, 0) is 30.5 Å². The smallest absolute Gasteiger partial charge is 0.268 e. The van der Waals surface area contributed by atoms with Gasteiger partial charge in [0.1, 0.15) is 11.4 Å². The van der Waals surface area contributed by atoms with E-state index in [4.69, 9.17) is 14.2 Å². The van der Waals surface area contributed by atoms with Crippen molar-refractivity contribution in [3.05, 3.63) is 47.7 Å². The van der Waals surface area contributed by atoms with Gasteiger partial charge in [0.2, 0.25) is 0 Å². The van der Waals surface area contributed by atoms with Crippen molar-refractivity contribution in [2.24, 2.45) is 0 Å². The van der Waals surface area contributed by atoms with Crippen LogP contribution in [0.15, 0.2) is 36.4 Å². The molecule has 0 saturated carbocycles.